The number of ether oxygens (including phenoxy) is 3. The standard InChI is InChI=1S/C27H26N2O3/c1-17(2)18-7-9-19(10-8-18)27-29-23(21-5-3-4-6-24(21)32-27)16-22(28-29)20-11-12-25-26(15-20)31-14-13-30-25/h3-12,15,17,23,27H,13-14,16H2,1-2H3. The number of benzene rings is 3. The molecule has 0 fully saturated rings. The van der Waals surface area contributed by atoms with Crippen molar-refractivity contribution in [3.8, 4) is 17.2 Å². The maximum atomic E-state index is 6.48. The normalized spacial score (nSPS) is 21.0. The topological polar surface area (TPSA) is 43.3 Å². The van der Waals surface area contributed by atoms with Gasteiger partial charge in [0.2, 0.25) is 6.23 Å². The molecule has 0 bridgehead atoms. The molecule has 2 unspecified atom stereocenters. The zero-order chi connectivity index (χ0) is 21.7. The maximum absolute atomic E-state index is 6.48. The highest BCUT2D eigenvalue weighted by Crippen LogP contribution is 2.47. The number of para-hydroxylation sites is 1. The third kappa shape index (κ3) is 3.20. The van der Waals surface area contributed by atoms with E-state index in [0.29, 0.717) is 19.1 Å². The monoisotopic (exact) mass is 426 g/mol. The molecular weight excluding hydrogens is 400 g/mol. The van der Waals surface area contributed by atoms with E-state index in [-0.39, 0.29) is 12.3 Å². The Morgan fingerprint density at radius 1 is 0.875 bits per heavy atom. The van der Waals surface area contributed by atoms with Crippen molar-refractivity contribution in [1.82, 2.24) is 5.01 Å². The first-order chi connectivity index (χ1) is 15.7. The van der Waals surface area contributed by atoms with Crippen LogP contribution in [0.4, 0.5) is 0 Å². The fraction of sp³-hybridized carbons (Fsp3) is 0.296. The first-order valence-corrected chi connectivity index (χ1v) is 11.3. The summed E-state index contributed by atoms with van der Waals surface area (Å²) < 4.78 is 18.0. The summed E-state index contributed by atoms with van der Waals surface area (Å²) in [4.78, 5) is 0. The molecule has 5 nitrogen and oxygen atoms in total. The van der Waals surface area contributed by atoms with Crippen LogP contribution in [0.1, 0.15) is 60.7 Å². The van der Waals surface area contributed by atoms with E-state index in [1.54, 1.807) is 0 Å². The largest absolute Gasteiger partial charge is 0.486 e. The van der Waals surface area contributed by atoms with Crippen LogP contribution >= 0.6 is 0 Å². The molecule has 3 aromatic carbocycles. The van der Waals surface area contributed by atoms with Crippen molar-refractivity contribution in [2.45, 2.75) is 38.5 Å². The highest BCUT2D eigenvalue weighted by Gasteiger charge is 2.41. The summed E-state index contributed by atoms with van der Waals surface area (Å²) in [5.41, 5.74) is 5.72. The molecule has 0 aliphatic carbocycles. The van der Waals surface area contributed by atoms with Gasteiger partial charge in [-0.15, -0.1) is 0 Å². The minimum absolute atomic E-state index is 0.137. The zero-order valence-electron chi connectivity index (χ0n) is 18.3. The lowest BCUT2D eigenvalue weighted by atomic mass is 9.95. The van der Waals surface area contributed by atoms with Gasteiger partial charge in [-0.25, -0.2) is 5.01 Å². The van der Waals surface area contributed by atoms with Crippen LogP contribution in [-0.2, 0) is 0 Å². The molecule has 3 aliphatic rings. The fourth-order valence-corrected chi connectivity index (χ4v) is 4.70. The van der Waals surface area contributed by atoms with Crippen LogP contribution in [0.2, 0.25) is 0 Å². The summed E-state index contributed by atoms with van der Waals surface area (Å²) in [6.45, 7) is 5.59. The third-order valence-corrected chi connectivity index (χ3v) is 6.46. The molecular formula is C27H26N2O3. The van der Waals surface area contributed by atoms with Crippen LogP contribution in [0.15, 0.2) is 71.8 Å². The zero-order valence-corrected chi connectivity index (χ0v) is 18.3. The van der Waals surface area contributed by atoms with Crippen molar-refractivity contribution in [3.05, 3.63) is 89.0 Å². The molecule has 0 saturated heterocycles. The molecule has 32 heavy (non-hydrogen) atoms. The number of hydrogen-bond donors (Lipinski definition) is 0. The molecule has 3 heterocycles. The van der Waals surface area contributed by atoms with Gasteiger partial charge >= 0.3 is 0 Å². The van der Waals surface area contributed by atoms with E-state index in [4.69, 9.17) is 19.3 Å². The summed E-state index contributed by atoms with van der Waals surface area (Å²) in [6, 6.07) is 23.3. The Morgan fingerprint density at radius 3 is 2.47 bits per heavy atom. The molecule has 2 atom stereocenters. The van der Waals surface area contributed by atoms with Crippen LogP contribution in [0.3, 0.4) is 0 Å². The van der Waals surface area contributed by atoms with Crippen LogP contribution in [0.5, 0.6) is 17.2 Å². The summed E-state index contributed by atoms with van der Waals surface area (Å²) in [5, 5.41) is 7.20. The van der Waals surface area contributed by atoms with E-state index in [2.05, 4.69) is 67.4 Å². The molecule has 0 amide bonds. The van der Waals surface area contributed by atoms with Gasteiger partial charge in [0.15, 0.2) is 11.5 Å². The van der Waals surface area contributed by atoms with Gasteiger partial charge in [-0.05, 0) is 35.7 Å². The van der Waals surface area contributed by atoms with E-state index >= 15 is 0 Å². The highest BCUT2D eigenvalue weighted by molar-refractivity contribution is 6.02. The minimum atomic E-state index is -0.258. The van der Waals surface area contributed by atoms with Gasteiger partial charge in [0, 0.05) is 23.1 Å². The average molecular weight is 427 g/mol. The average Bonchev–Trinajstić information content (AvgIpc) is 3.29. The fourth-order valence-electron chi connectivity index (χ4n) is 4.70. The molecule has 0 N–H and O–H groups in total. The molecule has 0 spiro atoms. The minimum Gasteiger partial charge on any atom is -0.486 e. The molecule has 5 heteroatoms. The van der Waals surface area contributed by atoms with Crippen LogP contribution in [-0.4, -0.2) is 23.9 Å². The first kappa shape index (κ1) is 19.2. The molecule has 0 aromatic heterocycles. The Balaban J connectivity index is 1.39. The predicted molar refractivity (Wildman–Crippen MR) is 124 cm³/mol. The SMILES string of the molecule is CC(C)c1ccc(C2Oc3ccccc3C3CC(c4ccc5c(c4)OCCO5)=NN32)cc1. The summed E-state index contributed by atoms with van der Waals surface area (Å²) in [6.07, 6.45) is 0.562. The Morgan fingerprint density at radius 2 is 1.66 bits per heavy atom. The Labute approximate surface area is 188 Å². The second kappa shape index (κ2) is 7.59. The van der Waals surface area contributed by atoms with Gasteiger partial charge in [0.25, 0.3) is 0 Å². The smallest absolute Gasteiger partial charge is 0.213 e. The Kier molecular flexibility index (Phi) is 4.56. The van der Waals surface area contributed by atoms with Crippen molar-refractivity contribution >= 4 is 5.71 Å². The highest BCUT2D eigenvalue weighted by atomic mass is 16.6. The lowest BCUT2D eigenvalue weighted by Gasteiger charge is -2.38. The second-order valence-electron chi connectivity index (χ2n) is 8.83. The number of rotatable bonds is 3. The van der Waals surface area contributed by atoms with Crippen molar-refractivity contribution in [2.75, 3.05) is 13.2 Å². The second-order valence-corrected chi connectivity index (χ2v) is 8.83. The Hall–Kier alpha value is -3.47. The molecule has 3 aliphatic heterocycles. The number of hydrazone groups is 1. The predicted octanol–water partition coefficient (Wildman–Crippen LogP) is 5.82. The van der Waals surface area contributed by atoms with E-state index in [9.17, 15) is 0 Å². The number of fused-ring (bicyclic) bond motifs is 4. The Bertz CT molecular complexity index is 1190. The summed E-state index contributed by atoms with van der Waals surface area (Å²) >= 11 is 0. The molecule has 0 saturated carbocycles. The molecule has 6 rings (SSSR count). The third-order valence-electron chi connectivity index (χ3n) is 6.46. The van der Waals surface area contributed by atoms with E-state index in [1.165, 1.54) is 11.1 Å². The van der Waals surface area contributed by atoms with E-state index in [0.717, 1.165) is 40.5 Å². The van der Waals surface area contributed by atoms with Crippen LogP contribution in [0, 0.1) is 0 Å². The molecule has 3 aromatic rings. The van der Waals surface area contributed by atoms with Gasteiger partial charge in [-0.3, -0.25) is 0 Å². The van der Waals surface area contributed by atoms with Crippen molar-refractivity contribution in [2.24, 2.45) is 5.10 Å². The lowest BCUT2D eigenvalue weighted by molar-refractivity contribution is -0.0190. The van der Waals surface area contributed by atoms with Crippen molar-refractivity contribution in [1.29, 1.82) is 0 Å². The van der Waals surface area contributed by atoms with Crippen molar-refractivity contribution < 1.29 is 14.2 Å². The van der Waals surface area contributed by atoms with Crippen LogP contribution < -0.4 is 14.2 Å². The quantitative estimate of drug-likeness (QED) is 0.529. The number of nitrogens with zero attached hydrogens (tertiary/aromatic N) is 2. The van der Waals surface area contributed by atoms with Gasteiger partial charge < -0.3 is 14.2 Å². The first-order valence-electron chi connectivity index (χ1n) is 11.3. The summed E-state index contributed by atoms with van der Waals surface area (Å²) in [5.74, 6) is 3.02. The van der Waals surface area contributed by atoms with Gasteiger partial charge in [-0.2, -0.15) is 5.10 Å². The molecule has 0 radical (unpaired) electrons. The number of hydrogen-bond acceptors (Lipinski definition) is 5. The van der Waals surface area contributed by atoms with Crippen LogP contribution in [0.25, 0.3) is 0 Å². The van der Waals surface area contributed by atoms with E-state index in [1.807, 2.05) is 18.2 Å². The lowest BCUT2D eigenvalue weighted by Crippen LogP contribution is -2.33. The van der Waals surface area contributed by atoms with Gasteiger partial charge in [0.1, 0.15) is 19.0 Å². The van der Waals surface area contributed by atoms with Crippen molar-refractivity contribution in [3.63, 3.8) is 0 Å². The van der Waals surface area contributed by atoms with E-state index < -0.39 is 0 Å². The maximum Gasteiger partial charge on any atom is 0.213 e. The summed E-state index contributed by atoms with van der Waals surface area (Å²) in [7, 11) is 0. The van der Waals surface area contributed by atoms with Gasteiger partial charge in [-0.1, -0.05) is 56.3 Å². The van der Waals surface area contributed by atoms with Gasteiger partial charge in [0.05, 0.1) is 11.8 Å². The molecule has 162 valence electrons.